The van der Waals surface area contributed by atoms with Crippen molar-refractivity contribution in [2.45, 2.75) is 6.04 Å². The Morgan fingerprint density at radius 2 is 1.59 bits per heavy atom. The smallest absolute Gasteiger partial charge is 0.221 e. The van der Waals surface area contributed by atoms with Crippen LogP contribution in [0.3, 0.4) is 0 Å². The summed E-state index contributed by atoms with van der Waals surface area (Å²) in [6.45, 7) is 0.466. The summed E-state index contributed by atoms with van der Waals surface area (Å²) in [4.78, 5) is 17.9. The molecule has 0 aliphatic rings. The second-order valence-corrected chi connectivity index (χ2v) is 9.47. The summed E-state index contributed by atoms with van der Waals surface area (Å²) in [7, 11) is 3.19. The van der Waals surface area contributed by atoms with Gasteiger partial charge in [-0.1, -0.05) is 18.2 Å². The highest BCUT2D eigenvalue weighted by molar-refractivity contribution is 6.10. The van der Waals surface area contributed by atoms with E-state index in [0.29, 0.717) is 34.6 Å². The number of rotatable bonds is 9. The fraction of sp³-hybridized carbons (Fsp3) is 0.161. The zero-order valence-electron chi connectivity index (χ0n) is 22.6. The zero-order valence-corrected chi connectivity index (χ0v) is 22.6. The van der Waals surface area contributed by atoms with Gasteiger partial charge in [-0.3, -0.25) is 9.97 Å². The Labute approximate surface area is 235 Å². The fourth-order valence-corrected chi connectivity index (χ4v) is 4.69. The molecule has 0 aliphatic heterocycles. The Morgan fingerprint density at radius 3 is 2.44 bits per heavy atom. The first kappa shape index (κ1) is 26.0. The SMILES string of the molecule is COc1cc2ncc3c(N)nc(-c4cncc(OC[C@@H](N)COc5nccc6ccccc56)c4)cc3c2cc1OC. The molecule has 0 amide bonds. The highest BCUT2D eigenvalue weighted by atomic mass is 16.5. The molecule has 41 heavy (non-hydrogen) atoms. The number of aromatic nitrogens is 4. The lowest BCUT2D eigenvalue weighted by Gasteiger charge is -2.15. The van der Waals surface area contributed by atoms with E-state index >= 15 is 0 Å². The van der Waals surface area contributed by atoms with Crippen LogP contribution >= 0.6 is 0 Å². The van der Waals surface area contributed by atoms with Gasteiger partial charge in [0, 0.05) is 46.4 Å². The largest absolute Gasteiger partial charge is 0.493 e. The van der Waals surface area contributed by atoms with Gasteiger partial charge in [-0.25, -0.2) is 9.97 Å². The Kier molecular flexibility index (Phi) is 7.05. The minimum Gasteiger partial charge on any atom is -0.493 e. The van der Waals surface area contributed by atoms with Crippen molar-refractivity contribution in [1.29, 1.82) is 0 Å². The number of pyridine rings is 4. The molecule has 0 saturated heterocycles. The van der Waals surface area contributed by atoms with E-state index < -0.39 is 0 Å². The van der Waals surface area contributed by atoms with Crippen molar-refractivity contribution in [2.24, 2.45) is 5.73 Å². The molecule has 0 spiro atoms. The van der Waals surface area contributed by atoms with Gasteiger partial charge < -0.3 is 30.4 Å². The molecule has 0 fully saturated rings. The molecule has 6 aromatic rings. The zero-order chi connectivity index (χ0) is 28.3. The van der Waals surface area contributed by atoms with E-state index in [2.05, 4.69) is 19.9 Å². The third-order valence-electron chi connectivity index (χ3n) is 6.76. The number of hydrogen-bond acceptors (Lipinski definition) is 10. The van der Waals surface area contributed by atoms with Crippen LogP contribution in [-0.2, 0) is 0 Å². The highest BCUT2D eigenvalue weighted by Gasteiger charge is 2.14. The first-order valence-corrected chi connectivity index (χ1v) is 13.0. The minimum atomic E-state index is -0.389. The van der Waals surface area contributed by atoms with Crippen LogP contribution in [0.4, 0.5) is 5.82 Å². The molecule has 1 atom stereocenters. The van der Waals surface area contributed by atoms with E-state index in [1.807, 2.05) is 54.6 Å². The van der Waals surface area contributed by atoms with Gasteiger partial charge in [-0.2, -0.15) is 0 Å². The molecule has 0 saturated carbocycles. The molecule has 10 heteroatoms. The molecule has 2 aromatic carbocycles. The van der Waals surface area contributed by atoms with Crippen LogP contribution in [0.2, 0.25) is 0 Å². The van der Waals surface area contributed by atoms with Crippen molar-refractivity contribution in [3.8, 4) is 34.4 Å². The van der Waals surface area contributed by atoms with Gasteiger partial charge in [0.05, 0.1) is 37.7 Å². The second kappa shape index (κ2) is 11.1. The number of fused-ring (bicyclic) bond motifs is 4. The fourth-order valence-electron chi connectivity index (χ4n) is 4.69. The average Bonchev–Trinajstić information content (AvgIpc) is 3.02. The molecule has 4 N–H and O–H groups in total. The summed E-state index contributed by atoms with van der Waals surface area (Å²) < 4.78 is 22.8. The Hall–Kier alpha value is -5.22. The third kappa shape index (κ3) is 5.20. The molecule has 0 unspecified atom stereocenters. The van der Waals surface area contributed by atoms with E-state index in [9.17, 15) is 0 Å². The van der Waals surface area contributed by atoms with Crippen LogP contribution < -0.4 is 30.4 Å². The van der Waals surface area contributed by atoms with E-state index in [0.717, 1.165) is 38.0 Å². The number of nitrogen functional groups attached to an aromatic ring is 1. The summed E-state index contributed by atoms with van der Waals surface area (Å²) in [6.07, 6.45) is 6.77. The van der Waals surface area contributed by atoms with Crippen LogP contribution in [0.1, 0.15) is 0 Å². The number of benzene rings is 2. The van der Waals surface area contributed by atoms with Gasteiger partial charge in [0.2, 0.25) is 5.88 Å². The van der Waals surface area contributed by atoms with Gasteiger partial charge in [0.25, 0.3) is 0 Å². The van der Waals surface area contributed by atoms with Gasteiger partial charge in [-0.05, 0) is 41.1 Å². The summed E-state index contributed by atoms with van der Waals surface area (Å²) in [5.41, 5.74) is 14.8. The second-order valence-electron chi connectivity index (χ2n) is 9.47. The first-order chi connectivity index (χ1) is 20.0. The van der Waals surface area contributed by atoms with Crippen molar-refractivity contribution >= 4 is 38.3 Å². The molecule has 0 radical (unpaired) electrons. The molecule has 4 heterocycles. The minimum absolute atomic E-state index is 0.223. The molecule has 206 valence electrons. The van der Waals surface area contributed by atoms with E-state index in [-0.39, 0.29) is 19.3 Å². The lowest BCUT2D eigenvalue weighted by Crippen LogP contribution is -2.34. The van der Waals surface area contributed by atoms with Crippen molar-refractivity contribution in [3.63, 3.8) is 0 Å². The van der Waals surface area contributed by atoms with Crippen molar-refractivity contribution in [1.82, 2.24) is 19.9 Å². The normalized spacial score (nSPS) is 12.0. The van der Waals surface area contributed by atoms with Gasteiger partial charge in [0.1, 0.15) is 24.8 Å². The number of ether oxygens (including phenoxy) is 4. The summed E-state index contributed by atoms with van der Waals surface area (Å²) in [5.74, 6) is 2.64. The maximum atomic E-state index is 6.37. The average molecular weight is 549 g/mol. The molecule has 10 nitrogen and oxygen atoms in total. The summed E-state index contributed by atoms with van der Waals surface area (Å²) in [6, 6.07) is 17.0. The van der Waals surface area contributed by atoms with Crippen LogP contribution in [0, 0.1) is 0 Å². The van der Waals surface area contributed by atoms with Crippen molar-refractivity contribution < 1.29 is 18.9 Å². The third-order valence-corrected chi connectivity index (χ3v) is 6.76. The van der Waals surface area contributed by atoms with E-state index in [4.69, 9.17) is 30.4 Å². The number of hydrogen-bond donors (Lipinski definition) is 2. The van der Waals surface area contributed by atoms with Crippen molar-refractivity contribution in [3.05, 3.63) is 79.4 Å². The van der Waals surface area contributed by atoms with E-state index in [1.165, 1.54) is 0 Å². The number of anilines is 1. The summed E-state index contributed by atoms with van der Waals surface area (Å²) >= 11 is 0. The monoisotopic (exact) mass is 548 g/mol. The van der Waals surface area contributed by atoms with E-state index in [1.54, 1.807) is 39.0 Å². The predicted molar refractivity (Wildman–Crippen MR) is 158 cm³/mol. The Morgan fingerprint density at radius 1 is 0.780 bits per heavy atom. The van der Waals surface area contributed by atoms with Crippen LogP contribution in [0.15, 0.2) is 79.4 Å². The first-order valence-electron chi connectivity index (χ1n) is 13.0. The van der Waals surface area contributed by atoms with Gasteiger partial charge in [0.15, 0.2) is 11.5 Å². The quantitative estimate of drug-likeness (QED) is 0.243. The standard InChI is InChI=1S/C31H28N6O4/c1-38-28-11-24-23-10-26(37-30(33)25(23)15-36-27(24)12-29(28)39-2)19-9-21(14-34-13-19)40-16-20(32)17-41-31-22-6-4-3-5-18(22)7-8-35-31/h3-15,20H,16-17,32H2,1-2H3,(H2,33,37)/t20-/m1/s1. The highest BCUT2D eigenvalue weighted by Crippen LogP contribution is 2.37. The Bertz CT molecular complexity index is 1870. The van der Waals surface area contributed by atoms with Crippen molar-refractivity contribution in [2.75, 3.05) is 33.2 Å². The maximum absolute atomic E-state index is 6.37. The molecule has 6 rings (SSSR count). The maximum Gasteiger partial charge on any atom is 0.221 e. The lowest BCUT2D eigenvalue weighted by molar-refractivity contribution is 0.217. The number of nitrogens with two attached hydrogens (primary N) is 2. The lowest BCUT2D eigenvalue weighted by atomic mass is 10.0. The molecular weight excluding hydrogens is 520 g/mol. The number of nitrogens with zero attached hydrogens (tertiary/aromatic N) is 4. The van der Waals surface area contributed by atoms with Crippen LogP contribution in [0.5, 0.6) is 23.1 Å². The van der Waals surface area contributed by atoms with Crippen LogP contribution in [0.25, 0.3) is 43.7 Å². The Balaban J connectivity index is 1.22. The topological polar surface area (TPSA) is 141 Å². The molecule has 4 aromatic heterocycles. The summed E-state index contributed by atoms with van der Waals surface area (Å²) in [5, 5.41) is 4.47. The molecule has 0 bridgehead atoms. The predicted octanol–water partition coefficient (Wildman–Crippen LogP) is 4.78. The van der Waals surface area contributed by atoms with Gasteiger partial charge >= 0.3 is 0 Å². The molecular formula is C31H28N6O4. The molecule has 0 aliphatic carbocycles. The van der Waals surface area contributed by atoms with Gasteiger partial charge in [-0.15, -0.1) is 0 Å². The van der Waals surface area contributed by atoms with Crippen LogP contribution in [-0.4, -0.2) is 53.4 Å². The number of methoxy groups -OCH3 is 2.